The van der Waals surface area contributed by atoms with Gasteiger partial charge in [0.25, 0.3) is 0 Å². The molecule has 33 heavy (non-hydrogen) atoms. The van der Waals surface area contributed by atoms with E-state index in [2.05, 4.69) is 56.7 Å². The average molecular weight is 463 g/mol. The number of fused-ring (bicyclic) bond motifs is 1. The van der Waals surface area contributed by atoms with Gasteiger partial charge in [0.05, 0.1) is 13.2 Å². The Labute approximate surface area is 196 Å². The van der Waals surface area contributed by atoms with Gasteiger partial charge in [-0.3, -0.25) is 4.79 Å². The molecule has 0 fully saturated rings. The quantitative estimate of drug-likeness (QED) is 0.350. The summed E-state index contributed by atoms with van der Waals surface area (Å²) in [6.45, 7) is 4.95. The highest BCUT2D eigenvalue weighted by atomic mass is 32.1. The van der Waals surface area contributed by atoms with Crippen molar-refractivity contribution in [1.82, 2.24) is 20.3 Å². The summed E-state index contributed by atoms with van der Waals surface area (Å²) < 4.78 is 4.92. The van der Waals surface area contributed by atoms with Gasteiger partial charge < -0.3 is 20.3 Å². The number of thiazole rings is 1. The molecule has 170 valence electrons. The molecular formula is C24H26N6O2S. The zero-order valence-electron chi connectivity index (χ0n) is 18.8. The van der Waals surface area contributed by atoms with Crippen LogP contribution in [0.5, 0.6) is 0 Å². The summed E-state index contributed by atoms with van der Waals surface area (Å²) in [4.78, 5) is 28.2. The molecule has 2 N–H and O–H groups in total. The van der Waals surface area contributed by atoms with Gasteiger partial charge in [-0.2, -0.15) is 0 Å². The number of benzene rings is 1. The fraction of sp³-hybridized carbons (Fsp3) is 0.250. The zero-order chi connectivity index (χ0) is 23.2. The number of ether oxygens (including phenoxy) is 1. The molecule has 1 aromatic carbocycles. The van der Waals surface area contributed by atoms with Gasteiger partial charge in [0.15, 0.2) is 5.13 Å². The molecule has 0 unspecified atom stereocenters. The Morgan fingerprint density at radius 2 is 1.94 bits per heavy atom. The summed E-state index contributed by atoms with van der Waals surface area (Å²) in [5.74, 6) is 1.27. The van der Waals surface area contributed by atoms with Gasteiger partial charge >= 0.3 is 5.97 Å². The van der Waals surface area contributed by atoms with E-state index < -0.39 is 0 Å². The van der Waals surface area contributed by atoms with E-state index in [1.165, 1.54) is 16.9 Å². The molecule has 0 bridgehead atoms. The van der Waals surface area contributed by atoms with Gasteiger partial charge in [0, 0.05) is 25.5 Å². The van der Waals surface area contributed by atoms with Crippen molar-refractivity contribution in [3.05, 3.63) is 65.9 Å². The predicted molar refractivity (Wildman–Crippen MR) is 133 cm³/mol. The summed E-state index contributed by atoms with van der Waals surface area (Å²) in [7, 11) is 2.00. The van der Waals surface area contributed by atoms with Gasteiger partial charge in [-0.05, 0) is 55.8 Å². The van der Waals surface area contributed by atoms with Gasteiger partial charge in [0.2, 0.25) is 0 Å². The first-order valence-corrected chi connectivity index (χ1v) is 11.5. The number of hydrogen-bond donors (Lipinski definition) is 2. The number of hydrogen-bond acceptors (Lipinski definition) is 9. The number of rotatable bonds is 9. The molecule has 0 saturated heterocycles. The molecule has 0 amide bonds. The topological polar surface area (TPSA) is 92.3 Å². The number of carbonyl (C=O) groups is 1. The molecule has 0 spiro atoms. The highest BCUT2D eigenvalue weighted by molar-refractivity contribution is 7.21. The van der Waals surface area contributed by atoms with Gasteiger partial charge in [0.1, 0.15) is 22.0 Å². The van der Waals surface area contributed by atoms with Crippen LogP contribution in [0.4, 0.5) is 22.5 Å². The number of nitrogens with zero attached hydrogens (tertiary/aromatic N) is 4. The maximum absolute atomic E-state index is 11.5. The summed E-state index contributed by atoms with van der Waals surface area (Å²) >= 11 is 1.48. The minimum atomic E-state index is -0.265. The Hall–Kier alpha value is -3.56. The third-order valence-corrected chi connectivity index (χ3v) is 5.85. The monoisotopic (exact) mass is 462 g/mol. The van der Waals surface area contributed by atoms with Crippen LogP contribution in [0.25, 0.3) is 10.3 Å². The lowest BCUT2D eigenvalue weighted by Crippen LogP contribution is -2.24. The Morgan fingerprint density at radius 3 is 2.73 bits per heavy atom. The largest absolute Gasteiger partial charge is 0.465 e. The summed E-state index contributed by atoms with van der Waals surface area (Å²) in [5.41, 5.74) is 4.13. The van der Waals surface area contributed by atoms with Crippen molar-refractivity contribution in [3.63, 3.8) is 0 Å². The van der Waals surface area contributed by atoms with Gasteiger partial charge in [-0.25, -0.2) is 15.0 Å². The average Bonchev–Trinajstić information content (AvgIpc) is 3.21. The van der Waals surface area contributed by atoms with Crippen LogP contribution < -0.4 is 15.5 Å². The van der Waals surface area contributed by atoms with Crippen molar-refractivity contribution < 1.29 is 9.53 Å². The number of esters is 1. The van der Waals surface area contributed by atoms with Crippen LogP contribution in [0.3, 0.4) is 0 Å². The lowest BCUT2D eigenvalue weighted by atomic mass is 10.2. The van der Waals surface area contributed by atoms with Crippen LogP contribution in [0.15, 0.2) is 54.7 Å². The maximum Gasteiger partial charge on any atom is 0.319 e. The van der Waals surface area contributed by atoms with E-state index >= 15 is 0 Å². The van der Waals surface area contributed by atoms with E-state index in [-0.39, 0.29) is 12.5 Å². The van der Waals surface area contributed by atoms with E-state index in [0.717, 1.165) is 32.5 Å². The normalized spacial score (nSPS) is 10.9. The third kappa shape index (κ3) is 5.82. The van der Waals surface area contributed by atoms with E-state index in [4.69, 9.17) is 9.72 Å². The Morgan fingerprint density at radius 1 is 1.12 bits per heavy atom. The predicted octanol–water partition coefficient (Wildman–Crippen LogP) is 4.56. The second kappa shape index (κ2) is 10.4. The number of aryl methyl sites for hydroxylation is 1. The number of pyridine rings is 2. The standard InChI is InChI=1S/C24H26N6O2S/c1-4-32-22(31)15-25-14-17-11-12-26-20(13-17)28-24-27-19-9-10-21(29-23(19)33-24)30(3)18-7-5-16(2)6-8-18/h5-13,25H,4,14-15H2,1-3H3,(H,26,27,28). The van der Waals surface area contributed by atoms with Crippen LogP contribution in [-0.2, 0) is 16.1 Å². The van der Waals surface area contributed by atoms with Crippen LogP contribution >= 0.6 is 11.3 Å². The van der Waals surface area contributed by atoms with Gasteiger partial charge in [-0.1, -0.05) is 29.0 Å². The van der Waals surface area contributed by atoms with Crippen molar-refractivity contribution in [1.29, 1.82) is 0 Å². The SMILES string of the molecule is CCOC(=O)CNCc1ccnc(Nc2nc3ccc(N(C)c4ccc(C)cc4)nc3s2)c1. The third-order valence-electron chi connectivity index (χ3n) is 4.97. The van der Waals surface area contributed by atoms with E-state index in [0.29, 0.717) is 19.0 Å². The Bertz CT molecular complexity index is 1240. The molecule has 3 heterocycles. The smallest absolute Gasteiger partial charge is 0.319 e. The minimum Gasteiger partial charge on any atom is -0.465 e. The van der Waals surface area contributed by atoms with Crippen LogP contribution in [0.2, 0.25) is 0 Å². The molecule has 0 aliphatic heterocycles. The molecule has 0 radical (unpaired) electrons. The lowest BCUT2D eigenvalue weighted by Gasteiger charge is -2.18. The molecule has 4 aromatic rings. The van der Waals surface area contributed by atoms with Crippen LogP contribution in [-0.4, -0.2) is 41.1 Å². The lowest BCUT2D eigenvalue weighted by molar-refractivity contribution is -0.142. The number of nitrogens with one attached hydrogen (secondary N) is 2. The molecular weight excluding hydrogens is 436 g/mol. The molecule has 9 heteroatoms. The second-order valence-corrected chi connectivity index (χ2v) is 8.47. The fourth-order valence-electron chi connectivity index (χ4n) is 3.23. The van der Waals surface area contributed by atoms with Crippen molar-refractivity contribution in [2.45, 2.75) is 20.4 Å². The highest BCUT2D eigenvalue weighted by Crippen LogP contribution is 2.30. The van der Waals surface area contributed by atoms with Crippen molar-refractivity contribution >= 4 is 50.1 Å². The maximum atomic E-state index is 11.5. The Kier molecular flexibility index (Phi) is 7.11. The molecule has 0 saturated carbocycles. The summed E-state index contributed by atoms with van der Waals surface area (Å²) in [5, 5.41) is 7.06. The first-order chi connectivity index (χ1) is 16.0. The summed E-state index contributed by atoms with van der Waals surface area (Å²) in [6, 6.07) is 16.1. The van der Waals surface area contributed by atoms with Crippen LogP contribution in [0, 0.1) is 6.92 Å². The van der Waals surface area contributed by atoms with E-state index in [1.54, 1.807) is 13.1 Å². The molecule has 0 atom stereocenters. The molecule has 3 aromatic heterocycles. The first kappa shape index (κ1) is 22.6. The number of carbonyl (C=O) groups excluding carboxylic acids is 1. The minimum absolute atomic E-state index is 0.168. The fourth-order valence-corrected chi connectivity index (χ4v) is 4.07. The summed E-state index contributed by atoms with van der Waals surface area (Å²) in [6.07, 6.45) is 1.73. The molecule has 4 rings (SSSR count). The van der Waals surface area contributed by atoms with E-state index in [1.807, 2.05) is 31.3 Å². The molecule has 8 nitrogen and oxygen atoms in total. The number of aromatic nitrogens is 3. The second-order valence-electron chi connectivity index (χ2n) is 7.49. The molecule has 0 aliphatic carbocycles. The van der Waals surface area contributed by atoms with Crippen molar-refractivity contribution in [2.75, 3.05) is 30.4 Å². The Balaban J connectivity index is 1.44. The molecule has 0 aliphatic rings. The number of anilines is 4. The first-order valence-electron chi connectivity index (χ1n) is 10.7. The van der Waals surface area contributed by atoms with E-state index in [9.17, 15) is 4.79 Å². The van der Waals surface area contributed by atoms with Crippen LogP contribution in [0.1, 0.15) is 18.1 Å². The zero-order valence-corrected chi connectivity index (χ0v) is 19.6. The van der Waals surface area contributed by atoms with Crippen molar-refractivity contribution in [2.24, 2.45) is 0 Å². The van der Waals surface area contributed by atoms with Crippen molar-refractivity contribution in [3.8, 4) is 0 Å². The highest BCUT2D eigenvalue weighted by Gasteiger charge is 2.11. The van der Waals surface area contributed by atoms with Gasteiger partial charge in [-0.15, -0.1) is 0 Å².